The van der Waals surface area contributed by atoms with Crippen molar-refractivity contribution in [2.75, 3.05) is 12.8 Å². The summed E-state index contributed by atoms with van der Waals surface area (Å²) in [7, 11) is 1.57. The summed E-state index contributed by atoms with van der Waals surface area (Å²) in [6, 6.07) is 5.41. The molecule has 1 aromatic carbocycles. The second-order valence-electron chi connectivity index (χ2n) is 3.58. The van der Waals surface area contributed by atoms with Crippen LogP contribution in [0.3, 0.4) is 0 Å². The van der Waals surface area contributed by atoms with Crippen LogP contribution in [0.15, 0.2) is 24.4 Å². The van der Waals surface area contributed by atoms with Gasteiger partial charge in [-0.3, -0.25) is 0 Å². The van der Waals surface area contributed by atoms with Crippen molar-refractivity contribution in [3.05, 3.63) is 35.1 Å². The van der Waals surface area contributed by atoms with Crippen LogP contribution in [0.2, 0.25) is 5.02 Å². The molecule has 0 atom stereocenters. The van der Waals surface area contributed by atoms with E-state index >= 15 is 0 Å². The van der Waals surface area contributed by atoms with Crippen LogP contribution in [-0.4, -0.2) is 17.1 Å². The zero-order valence-corrected chi connectivity index (χ0v) is 10.3. The van der Waals surface area contributed by atoms with Gasteiger partial charge in [-0.15, -0.1) is 0 Å². The fourth-order valence-electron chi connectivity index (χ4n) is 1.42. The normalized spacial score (nSPS) is 10.3. The Morgan fingerprint density at radius 3 is 2.71 bits per heavy atom. The van der Waals surface area contributed by atoms with Gasteiger partial charge in [0.25, 0.3) is 0 Å². The van der Waals surface area contributed by atoms with Gasteiger partial charge in [0.2, 0.25) is 0 Å². The lowest BCUT2D eigenvalue weighted by atomic mass is 10.2. The molecule has 2 aromatic rings. The Balaban J connectivity index is 2.46. The lowest BCUT2D eigenvalue weighted by Crippen LogP contribution is -1.97. The van der Waals surface area contributed by atoms with Gasteiger partial charge < -0.3 is 10.5 Å². The summed E-state index contributed by atoms with van der Waals surface area (Å²) < 4.78 is 5.09. The number of nitrogens with two attached hydrogens (primary N) is 1. The number of hydrogen-bond donors (Lipinski definition) is 1. The molecule has 2 N–H and O–H groups in total. The zero-order valence-electron chi connectivity index (χ0n) is 9.57. The first-order valence-corrected chi connectivity index (χ1v) is 5.42. The first-order valence-electron chi connectivity index (χ1n) is 5.05. The fraction of sp³-hybridized carbons (Fsp3) is 0.167. The maximum absolute atomic E-state index is 6.05. The highest BCUT2D eigenvalue weighted by Crippen LogP contribution is 2.28. The van der Waals surface area contributed by atoms with Crippen molar-refractivity contribution in [3.8, 4) is 17.1 Å². The van der Waals surface area contributed by atoms with Gasteiger partial charge in [-0.1, -0.05) is 11.6 Å². The summed E-state index contributed by atoms with van der Waals surface area (Å²) >= 11 is 6.05. The van der Waals surface area contributed by atoms with Crippen LogP contribution in [0.25, 0.3) is 11.4 Å². The van der Waals surface area contributed by atoms with Gasteiger partial charge >= 0.3 is 0 Å². The molecular weight excluding hydrogens is 238 g/mol. The van der Waals surface area contributed by atoms with E-state index in [-0.39, 0.29) is 0 Å². The van der Waals surface area contributed by atoms with Crippen LogP contribution in [-0.2, 0) is 0 Å². The first kappa shape index (κ1) is 11.7. The molecule has 0 bridgehead atoms. The fourth-order valence-corrected chi connectivity index (χ4v) is 1.68. The van der Waals surface area contributed by atoms with E-state index in [4.69, 9.17) is 22.1 Å². The molecule has 4 nitrogen and oxygen atoms in total. The molecule has 2 rings (SSSR count). The van der Waals surface area contributed by atoms with Crippen molar-refractivity contribution < 1.29 is 4.74 Å². The maximum Gasteiger partial charge on any atom is 0.159 e. The highest BCUT2D eigenvalue weighted by Gasteiger charge is 2.07. The molecule has 5 heteroatoms. The van der Waals surface area contributed by atoms with Gasteiger partial charge in [0.05, 0.1) is 29.7 Å². The quantitative estimate of drug-likeness (QED) is 0.889. The highest BCUT2D eigenvalue weighted by atomic mass is 35.5. The Labute approximate surface area is 104 Å². The van der Waals surface area contributed by atoms with E-state index in [0.717, 1.165) is 11.3 Å². The molecule has 88 valence electrons. The number of hydrogen-bond acceptors (Lipinski definition) is 4. The number of nitrogens with zero attached hydrogens (tertiary/aromatic N) is 2. The van der Waals surface area contributed by atoms with Gasteiger partial charge in [-0.2, -0.15) is 0 Å². The van der Waals surface area contributed by atoms with E-state index < -0.39 is 0 Å². The van der Waals surface area contributed by atoms with E-state index in [0.29, 0.717) is 22.3 Å². The van der Waals surface area contributed by atoms with E-state index in [2.05, 4.69) is 9.97 Å². The molecule has 0 amide bonds. The van der Waals surface area contributed by atoms with Crippen LogP contribution in [0.1, 0.15) is 5.69 Å². The average Bonchev–Trinajstić information content (AvgIpc) is 2.32. The summed E-state index contributed by atoms with van der Waals surface area (Å²) in [5.74, 6) is 1.23. The number of ether oxygens (including phenoxy) is 1. The minimum Gasteiger partial charge on any atom is -0.495 e. The van der Waals surface area contributed by atoms with Crippen LogP contribution in [0, 0.1) is 6.92 Å². The molecule has 0 aliphatic carbocycles. The van der Waals surface area contributed by atoms with Gasteiger partial charge in [-0.25, -0.2) is 9.97 Å². The number of aromatic nitrogens is 2. The predicted molar refractivity (Wildman–Crippen MR) is 68.2 cm³/mol. The van der Waals surface area contributed by atoms with E-state index in [9.17, 15) is 0 Å². The molecule has 0 unspecified atom stereocenters. The minimum absolute atomic E-state index is 0.531. The molecule has 1 aromatic heterocycles. The second-order valence-corrected chi connectivity index (χ2v) is 3.99. The lowest BCUT2D eigenvalue weighted by Gasteiger charge is -2.06. The zero-order chi connectivity index (χ0) is 12.4. The molecule has 0 saturated heterocycles. The van der Waals surface area contributed by atoms with Crippen molar-refractivity contribution in [1.29, 1.82) is 0 Å². The Morgan fingerprint density at radius 2 is 2.12 bits per heavy atom. The minimum atomic E-state index is 0.531. The van der Waals surface area contributed by atoms with Gasteiger partial charge in [0.15, 0.2) is 5.82 Å². The van der Waals surface area contributed by atoms with Crippen LogP contribution in [0.4, 0.5) is 5.69 Å². The lowest BCUT2D eigenvalue weighted by molar-refractivity contribution is 0.415. The summed E-state index contributed by atoms with van der Waals surface area (Å²) in [5.41, 5.74) is 7.83. The summed E-state index contributed by atoms with van der Waals surface area (Å²) in [6.07, 6.45) is 1.59. The smallest absolute Gasteiger partial charge is 0.159 e. The van der Waals surface area contributed by atoms with Gasteiger partial charge in [-0.05, 0) is 25.1 Å². The van der Waals surface area contributed by atoms with Crippen LogP contribution >= 0.6 is 11.6 Å². The first-order chi connectivity index (χ1) is 8.11. The molecule has 0 aliphatic rings. The van der Waals surface area contributed by atoms with Gasteiger partial charge in [0, 0.05) is 5.56 Å². The third-order valence-corrected chi connectivity index (χ3v) is 2.72. The second kappa shape index (κ2) is 4.59. The summed E-state index contributed by atoms with van der Waals surface area (Å²) in [6.45, 7) is 1.84. The Hall–Kier alpha value is -1.81. The SMILES string of the molecule is COc1ccc(-c2ncc(N)c(C)n2)cc1Cl. The Kier molecular flexibility index (Phi) is 3.15. The number of nitrogen functional groups attached to an aromatic ring is 1. The molecule has 0 saturated carbocycles. The third kappa shape index (κ3) is 2.31. The van der Waals surface area contributed by atoms with E-state index in [1.165, 1.54) is 0 Å². The standard InChI is InChI=1S/C12H12ClN3O/c1-7-10(14)6-15-12(16-7)8-3-4-11(17-2)9(13)5-8/h3-6H,14H2,1-2H3. The van der Waals surface area contributed by atoms with Crippen molar-refractivity contribution in [3.63, 3.8) is 0 Å². The van der Waals surface area contributed by atoms with Crippen molar-refractivity contribution in [2.24, 2.45) is 0 Å². The monoisotopic (exact) mass is 249 g/mol. The highest BCUT2D eigenvalue weighted by molar-refractivity contribution is 6.32. The number of halogens is 1. The number of methoxy groups -OCH3 is 1. The third-order valence-electron chi connectivity index (χ3n) is 2.43. The van der Waals surface area contributed by atoms with Crippen molar-refractivity contribution in [1.82, 2.24) is 9.97 Å². The number of aryl methyl sites for hydroxylation is 1. The Morgan fingerprint density at radius 1 is 1.35 bits per heavy atom. The largest absolute Gasteiger partial charge is 0.495 e. The molecule has 0 spiro atoms. The average molecular weight is 250 g/mol. The number of benzene rings is 1. The van der Waals surface area contributed by atoms with Gasteiger partial charge in [0.1, 0.15) is 5.75 Å². The maximum atomic E-state index is 6.05. The van der Waals surface area contributed by atoms with E-state index in [1.54, 1.807) is 25.4 Å². The van der Waals surface area contributed by atoms with Crippen molar-refractivity contribution >= 4 is 17.3 Å². The molecule has 17 heavy (non-hydrogen) atoms. The predicted octanol–water partition coefficient (Wildman–Crippen LogP) is 2.70. The molecule has 1 heterocycles. The number of anilines is 1. The Bertz CT molecular complexity index is 557. The molecular formula is C12H12ClN3O. The molecule has 0 fully saturated rings. The van der Waals surface area contributed by atoms with Crippen molar-refractivity contribution in [2.45, 2.75) is 6.92 Å². The topological polar surface area (TPSA) is 61.0 Å². The number of rotatable bonds is 2. The van der Waals surface area contributed by atoms with Crippen LogP contribution in [0.5, 0.6) is 5.75 Å². The van der Waals surface area contributed by atoms with Crippen LogP contribution < -0.4 is 10.5 Å². The summed E-state index contributed by atoms with van der Waals surface area (Å²) in [5, 5.41) is 0.531. The molecule has 0 radical (unpaired) electrons. The molecule has 0 aliphatic heterocycles. The summed E-state index contributed by atoms with van der Waals surface area (Å²) in [4.78, 5) is 8.47. The van der Waals surface area contributed by atoms with E-state index in [1.807, 2.05) is 13.0 Å².